The molecule has 2 unspecified atom stereocenters. The Kier molecular flexibility index (Phi) is 8.51. The minimum absolute atomic E-state index is 0.0107. The number of carbonyl (C=O) groups is 3. The Morgan fingerprint density at radius 1 is 1.00 bits per heavy atom. The molecule has 1 aromatic carbocycles. The minimum atomic E-state index is -3.94. The molecule has 2 aromatic rings. The van der Waals surface area contributed by atoms with Gasteiger partial charge in [-0.1, -0.05) is 18.2 Å². The molecule has 9 nitrogen and oxygen atoms in total. The second kappa shape index (κ2) is 11.9. The molecule has 0 saturated carbocycles. The average Bonchev–Trinajstić information content (AvgIpc) is 3.69. The van der Waals surface area contributed by atoms with E-state index in [0.29, 0.717) is 31.5 Å². The number of piperidine rings is 1. The van der Waals surface area contributed by atoms with Crippen molar-refractivity contribution in [3.8, 4) is 10.4 Å². The SMILES string of the molecule is CC(=O)c1cccc(-c2ccc(S(=O)(=O)NC3CCCN(CC(=O)N4CCCC4CN4CCCC4)C3=O)s2)c1. The van der Waals surface area contributed by atoms with Gasteiger partial charge in [-0.05, 0) is 82.3 Å². The van der Waals surface area contributed by atoms with Gasteiger partial charge in [0.15, 0.2) is 5.78 Å². The molecule has 3 fully saturated rings. The molecule has 3 aliphatic heterocycles. The lowest BCUT2D eigenvalue weighted by atomic mass is 10.1. The molecule has 3 aliphatic rings. The summed E-state index contributed by atoms with van der Waals surface area (Å²) < 4.78 is 29.1. The van der Waals surface area contributed by atoms with E-state index >= 15 is 0 Å². The summed E-state index contributed by atoms with van der Waals surface area (Å²) in [4.78, 5) is 44.8. The maximum absolute atomic E-state index is 13.3. The lowest BCUT2D eigenvalue weighted by Crippen LogP contribution is -2.55. The van der Waals surface area contributed by atoms with E-state index < -0.39 is 16.1 Å². The number of likely N-dealkylation sites (tertiary alicyclic amines) is 3. The number of hydrogen-bond acceptors (Lipinski definition) is 7. The molecule has 0 radical (unpaired) electrons. The maximum atomic E-state index is 13.3. The number of Topliss-reactive ketones (excluding diaryl/α,β-unsaturated/α-hetero) is 1. The number of carbonyl (C=O) groups excluding carboxylic acids is 3. The Labute approximate surface area is 234 Å². The van der Waals surface area contributed by atoms with Gasteiger partial charge in [-0.15, -0.1) is 11.3 Å². The lowest BCUT2D eigenvalue weighted by Gasteiger charge is -2.34. The third-order valence-electron chi connectivity index (χ3n) is 7.92. The zero-order valence-corrected chi connectivity index (χ0v) is 23.9. The van der Waals surface area contributed by atoms with Gasteiger partial charge in [0.1, 0.15) is 10.3 Å². The fourth-order valence-electron chi connectivity index (χ4n) is 5.83. The summed E-state index contributed by atoms with van der Waals surface area (Å²) in [5, 5.41) is 0. The van der Waals surface area contributed by atoms with Gasteiger partial charge in [-0.2, -0.15) is 4.72 Å². The third kappa shape index (κ3) is 6.42. The number of rotatable bonds is 9. The first kappa shape index (κ1) is 27.9. The number of benzene rings is 1. The zero-order valence-electron chi connectivity index (χ0n) is 22.3. The molecule has 0 spiro atoms. The molecule has 5 rings (SSSR count). The van der Waals surface area contributed by atoms with Crippen molar-refractivity contribution < 1.29 is 22.8 Å². The molecule has 1 N–H and O–H groups in total. The van der Waals surface area contributed by atoms with Crippen LogP contribution in [-0.4, -0.2) is 92.1 Å². The number of hydrogen-bond donors (Lipinski definition) is 1. The van der Waals surface area contributed by atoms with Gasteiger partial charge >= 0.3 is 0 Å². The van der Waals surface area contributed by atoms with Crippen molar-refractivity contribution in [3.63, 3.8) is 0 Å². The summed E-state index contributed by atoms with van der Waals surface area (Å²) >= 11 is 1.09. The van der Waals surface area contributed by atoms with Crippen LogP contribution in [0.2, 0.25) is 0 Å². The summed E-state index contributed by atoms with van der Waals surface area (Å²) in [6.07, 6.45) is 5.39. The Morgan fingerprint density at radius 2 is 1.77 bits per heavy atom. The number of nitrogens with zero attached hydrogens (tertiary/aromatic N) is 3. The summed E-state index contributed by atoms with van der Waals surface area (Å²) in [6.45, 7) is 5.70. The molecular weight excluding hydrogens is 536 g/mol. The van der Waals surface area contributed by atoms with Crippen LogP contribution < -0.4 is 4.72 Å². The minimum Gasteiger partial charge on any atom is -0.337 e. The van der Waals surface area contributed by atoms with Crippen LogP contribution >= 0.6 is 11.3 Å². The quantitative estimate of drug-likeness (QED) is 0.463. The van der Waals surface area contributed by atoms with Gasteiger partial charge in [0.25, 0.3) is 10.0 Å². The Balaban J connectivity index is 1.21. The van der Waals surface area contributed by atoms with E-state index in [1.54, 1.807) is 24.3 Å². The van der Waals surface area contributed by atoms with E-state index in [2.05, 4.69) is 9.62 Å². The van der Waals surface area contributed by atoms with Crippen molar-refractivity contribution in [2.75, 3.05) is 39.3 Å². The number of nitrogens with one attached hydrogen (secondary N) is 1. The molecule has 39 heavy (non-hydrogen) atoms. The number of thiophene rings is 1. The van der Waals surface area contributed by atoms with Crippen molar-refractivity contribution in [1.82, 2.24) is 19.4 Å². The van der Waals surface area contributed by atoms with Crippen molar-refractivity contribution in [1.29, 1.82) is 0 Å². The van der Waals surface area contributed by atoms with Crippen LogP contribution in [0.15, 0.2) is 40.6 Å². The molecule has 2 atom stereocenters. The molecule has 2 amide bonds. The molecule has 0 aliphatic carbocycles. The van der Waals surface area contributed by atoms with E-state index in [1.807, 2.05) is 11.0 Å². The van der Waals surface area contributed by atoms with E-state index in [0.717, 1.165) is 54.3 Å². The van der Waals surface area contributed by atoms with Crippen molar-refractivity contribution in [3.05, 3.63) is 42.0 Å². The maximum Gasteiger partial charge on any atom is 0.250 e. The topological polar surface area (TPSA) is 107 Å². The monoisotopic (exact) mass is 572 g/mol. The first-order valence-corrected chi connectivity index (χ1v) is 16.1. The highest BCUT2D eigenvalue weighted by molar-refractivity contribution is 7.91. The number of ketones is 1. The Hall–Kier alpha value is -2.60. The van der Waals surface area contributed by atoms with Gasteiger partial charge in [0, 0.05) is 36.1 Å². The van der Waals surface area contributed by atoms with Gasteiger partial charge in [-0.3, -0.25) is 14.4 Å². The smallest absolute Gasteiger partial charge is 0.250 e. The number of amides is 2. The average molecular weight is 573 g/mol. The molecule has 11 heteroatoms. The van der Waals surface area contributed by atoms with Gasteiger partial charge in [0.05, 0.1) is 6.54 Å². The van der Waals surface area contributed by atoms with Crippen LogP contribution in [0.1, 0.15) is 55.8 Å². The fraction of sp³-hybridized carbons (Fsp3) is 0.536. The van der Waals surface area contributed by atoms with Crippen molar-refractivity contribution in [2.24, 2.45) is 0 Å². The van der Waals surface area contributed by atoms with Gasteiger partial charge < -0.3 is 14.7 Å². The Bertz CT molecular complexity index is 1330. The van der Waals surface area contributed by atoms with Crippen LogP contribution in [0.25, 0.3) is 10.4 Å². The standard InChI is InChI=1S/C28H36N4O5S2/c1-20(33)21-7-4-8-22(17-21)25-11-12-27(38-25)39(36,37)29-24-10-6-15-31(28(24)35)19-26(34)32-16-5-9-23(32)18-30-13-2-3-14-30/h4,7-8,11-12,17,23-24,29H,2-3,5-6,9-10,13-16,18-19H2,1H3. The predicted molar refractivity (Wildman–Crippen MR) is 150 cm³/mol. The zero-order chi connectivity index (χ0) is 27.6. The van der Waals surface area contributed by atoms with Crippen LogP contribution in [0, 0.1) is 0 Å². The molecule has 1 aromatic heterocycles. The van der Waals surface area contributed by atoms with Gasteiger partial charge in [0.2, 0.25) is 11.8 Å². The van der Waals surface area contributed by atoms with Gasteiger partial charge in [-0.25, -0.2) is 8.42 Å². The molecular formula is C28H36N4O5S2. The molecule has 3 saturated heterocycles. The van der Waals surface area contributed by atoms with E-state index in [1.165, 1.54) is 30.7 Å². The highest BCUT2D eigenvalue weighted by Gasteiger charge is 2.36. The van der Waals surface area contributed by atoms with E-state index in [-0.39, 0.29) is 34.4 Å². The van der Waals surface area contributed by atoms with Crippen molar-refractivity contribution in [2.45, 2.75) is 61.7 Å². The van der Waals surface area contributed by atoms with Crippen LogP contribution in [-0.2, 0) is 19.6 Å². The van der Waals surface area contributed by atoms with E-state index in [9.17, 15) is 22.8 Å². The highest BCUT2D eigenvalue weighted by atomic mass is 32.2. The summed E-state index contributed by atoms with van der Waals surface area (Å²) in [7, 11) is -3.94. The lowest BCUT2D eigenvalue weighted by molar-refractivity contribution is -0.143. The number of sulfonamides is 1. The normalized spacial score (nSPS) is 22.5. The summed E-state index contributed by atoms with van der Waals surface area (Å²) in [6, 6.07) is 9.58. The first-order valence-electron chi connectivity index (χ1n) is 13.8. The van der Waals surface area contributed by atoms with E-state index in [4.69, 9.17) is 0 Å². The van der Waals surface area contributed by atoms with Crippen LogP contribution in [0.3, 0.4) is 0 Å². The summed E-state index contributed by atoms with van der Waals surface area (Å²) in [5.74, 6) is -0.461. The first-order chi connectivity index (χ1) is 18.7. The molecule has 4 heterocycles. The Morgan fingerprint density at radius 3 is 2.54 bits per heavy atom. The van der Waals surface area contributed by atoms with Crippen LogP contribution in [0.4, 0.5) is 0 Å². The summed E-state index contributed by atoms with van der Waals surface area (Å²) in [5.41, 5.74) is 1.32. The predicted octanol–water partition coefficient (Wildman–Crippen LogP) is 2.97. The molecule has 210 valence electrons. The third-order valence-corrected chi connectivity index (χ3v) is 11.0. The second-order valence-corrected chi connectivity index (χ2v) is 13.7. The fourth-order valence-corrected chi connectivity index (χ4v) is 8.38. The second-order valence-electron chi connectivity index (χ2n) is 10.7. The van der Waals surface area contributed by atoms with Crippen LogP contribution in [0.5, 0.6) is 0 Å². The largest absolute Gasteiger partial charge is 0.337 e. The highest BCUT2D eigenvalue weighted by Crippen LogP contribution is 2.32. The van der Waals surface area contributed by atoms with Crippen molar-refractivity contribution >= 4 is 39.0 Å². The molecule has 0 bridgehead atoms.